The van der Waals surface area contributed by atoms with Gasteiger partial charge in [-0.1, -0.05) is 36.9 Å². The lowest BCUT2D eigenvalue weighted by atomic mass is 10.1. The van der Waals surface area contributed by atoms with Gasteiger partial charge < -0.3 is 10.3 Å². The number of aryl methyl sites for hydroxylation is 1. The van der Waals surface area contributed by atoms with Crippen LogP contribution in [0.2, 0.25) is 0 Å². The highest BCUT2D eigenvalue weighted by Gasteiger charge is 2.36. The molecule has 1 aliphatic heterocycles. The highest BCUT2D eigenvalue weighted by Crippen LogP contribution is 2.32. The summed E-state index contributed by atoms with van der Waals surface area (Å²) >= 11 is 0. The summed E-state index contributed by atoms with van der Waals surface area (Å²) in [5, 5.41) is 2.92. The second kappa shape index (κ2) is 7.31. The zero-order valence-corrected chi connectivity index (χ0v) is 15.7. The smallest absolute Gasteiger partial charge is 0.259 e. The van der Waals surface area contributed by atoms with Crippen LogP contribution in [-0.4, -0.2) is 39.3 Å². The predicted octanol–water partition coefficient (Wildman–Crippen LogP) is 3.13. The minimum Gasteiger partial charge on any atom is -0.354 e. The van der Waals surface area contributed by atoms with Crippen molar-refractivity contribution >= 4 is 28.5 Å². The van der Waals surface area contributed by atoms with E-state index < -0.39 is 6.04 Å². The van der Waals surface area contributed by atoms with E-state index in [0.29, 0.717) is 17.8 Å². The number of carbonyl (C=O) groups excluding carboxylic acids is 2. The van der Waals surface area contributed by atoms with E-state index in [4.69, 9.17) is 0 Å². The largest absolute Gasteiger partial charge is 0.354 e. The number of carbonyl (C=O) groups is 2. The number of benzene rings is 2. The summed E-state index contributed by atoms with van der Waals surface area (Å²) in [6.45, 7) is 6.24. The molecule has 0 spiro atoms. The lowest BCUT2D eigenvalue weighted by Crippen LogP contribution is -2.45. The summed E-state index contributed by atoms with van der Waals surface area (Å²) in [4.78, 5) is 34.5. The van der Waals surface area contributed by atoms with Gasteiger partial charge in [0, 0.05) is 29.8 Å². The number of rotatable bonds is 6. The Morgan fingerprint density at radius 2 is 1.89 bits per heavy atom. The monoisotopic (exact) mass is 374 g/mol. The summed E-state index contributed by atoms with van der Waals surface area (Å²) in [6.07, 6.45) is 1.50. The number of imidazole rings is 1. The van der Waals surface area contributed by atoms with Gasteiger partial charge in [-0.25, -0.2) is 4.98 Å². The molecule has 2 heterocycles. The Morgan fingerprint density at radius 1 is 1.18 bits per heavy atom. The highest BCUT2D eigenvalue weighted by atomic mass is 16.2. The van der Waals surface area contributed by atoms with Gasteiger partial charge in [-0.2, -0.15) is 0 Å². The van der Waals surface area contributed by atoms with Gasteiger partial charge in [-0.15, -0.1) is 0 Å². The van der Waals surface area contributed by atoms with Gasteiger partial charge in [0.05, 0.1) is 11.0 Å². The Labute approximate surface area is 163 Å². The number of aromatic nitrogens is 2. The van der Waals surface area contributed by atoms with Crippen LogP contribution in [0.25, 0.3) is 16.7 Å². The van der Waals surface area contributed by atoms with E-state index in [-0.39, 0.29) is 11.8 Å². The summed E-state index contributed by atoms with van der Waals surface area (Å²) in [6, 6.07) is 14.6. The highest BCUT2D eigenvalue weighted by molar-refractivity contribution is 6.10. The van der Waals surface area contributed by atoms with Crippen molar-refractivity contribution in [1.29, 1.82) is 0 Å². The summed E-state index contributed by atoms with van der Waals surface area (Å²) in [7, 11) is 0. The molecule has 28 heavy (non-hydrogen) atoms. The van der Waals surface area contributed by atoms with E-state index in [1.807, 2.05) is 42.5 Å². The van der Waals surface area contributed by atoms with Crippen LogP contribution in [0.4, 0.5) is 0 Å². The molecule has 2 amide bonds. The van der Waals surface area contributed by atoms with E-state index in [2.05, 4.69) is 21.9 Å². The molecule has 6 heteroatoms. The van der Waals surface area contributed by atoms with Gasteiger partial charge in [-0.05, 0) is 31.5 Å². The van der Waals surface area contributed by atoms with Crippen LogP contribution in [0.15, 0.2) is 55.1 Å². The molecule has 2 N–H and O–H groups in total. The number of nitrogens with one attached hydrogen (secondary N) is 2. The third-order valence-corrected chi connectivity index (χ3v) is 5.07. The standard InChI is InChI=1S/C22H22N4O2/c1-14-16-8-3-4-9-17(16)22(28)26(14)15(2)21(27)23-13-7-12-20-24-18-10-5-6-11-19(18)25-20/h3-6,8-11,15H,1,7,12-13H2,2H3,(H,23,27)(H,24,25)/t15-/m1/s1. The fourth-order valence-corrected chi connectivity index (χ4v) is 3.57. The van der Waals surface area contributed by atoms with Crippen molar-refractivity contribution in [2.24, 2.45) is 0 Å². The quantitative estimate of drug-likeness (QED) is 0.651. The molecular weight excluding hydrogens is 352 g/mol. The van der Waals surface area contributed by atoms with E-state index in [9.17, 15) is 9.59 Å². The maximum Gasteiger partial charge on any atom is 0.259 e. The molecule has 0 saturated carbocycles. The van der Waals surface area contributed by atoms with E-state index in [1.54, 1.807) is 13.0 Å². The van der Waals surface area contributed by atoms with Crippen LogP contribution in [0, 0.1) is 0 Å². The first-order valence-electron chi connectivity index (χ1n) is 9.39. The van der Waals surface area contributed by atoms with Crippen LogP contribution in [-0.2, 0) is 11.2 Å². The van der Waals surface area contributed by atoms with Crippen molar-refractivity contribution in [3.63, 3.8) is 0 Å². The topological polar surface area (TPSA) is 78.1 Å². The molecule has 6 nitrogen and oxygen atoms in total. The minimum atomic E-state index is -0.612. The van der Waals surface area contributed by atoms with E-state index >= 15 is 0 Å². The number of amides is 2. The van der Waals surface area contributed by atoms with Crippen molar-refractivity contribution in [2.75, 3.05) is 6.54 Å². The Kier molecular flexibility index (Phi) is 4.69. The number of hydrogen-bond donors (Lipinski definition) is 2. The van der Waals surface area contributed by atoms with Crippen molar-refractivity contribution < 1.29 is 9.59 Å². The molecule has 1 aromatic heterocycles. The number of para-hydroxylation sites is 2. The fraction of sp³-hybridized carbons (Fsp3) is 0.227. The van der Waals surface area contributed by atoms with Gasteiger partial charge in [0.15, 0.2) is 0 Å². The third kappa shape index (κ3) is 3.17. The van der Waals surface area contributed by atoms with Gasteiger partial charge in [0.1, 0.15) is 11.9 Å². The molecule has 3 aromatic rings. The van der Waals surface area contributed by atoms with E-state index in [1.165, 1.54) is 4.90 Å². The molecular formula is C22H22N4O2. The molecule has 1 atom stereocenters. The molecule has 0 saturated heterocycles. The summed E-state index contributed by atoms with van der Waals surface area (Å²) < 4.78 is 0. The van der Waals surface area contributed by atoms with Crippen molar-refractivity contribution in [1.82, 2.24) is 20.2 Å². The Hall–Kier alpha value is -3.41. The fourth-order valence-electron chi connectivity index (χ4n) is 3.57. The molecule has 4 rings (SSSR count). The van der Waals surface area contributed by atoms with Crippen LogP contribution in [0.5, 0.6) is 0 Å². The maximum atomic E-state index is 12.6. The molecule has 0 unspecified atom stereocenters. The summed E-state index contributed by atoms with van der Waals surface area (Å²) in [5.74, 6) is 0.541. The molecule has 0 radical (unpaired) electrons. The van der Waals surface area contributed by atoms with Gasteiger partial charge in [0.2, 0.25) is 5.91 Å². The Bertz CT molecular complexity index is 1000. The predicted molar refractivity (Wildman–Crippen MR) is 109 cm³/mol. The maximum absolute atomic E-state index is 12.6. The number of hydrogen-bond acceptors (Lipinski definition) is 3. The molecule has 0 fully saturated rings. The number of nitrogens with zero attached hydrogens (tertiary/aromatic N) is 2. The SMILES string of the molecule is C=C1c2ccccc2C(=O)N1[C@H](C)C(=O)NCCCc1nc2ccccc2[nH]1. The zero-order chi connectivity index (χ0) is 19.7. The third-order valence-electron chi connectivity index (χ3n) is 5.07. The van der Waals surface area contributed by atoms with Crippen molar-refractivity contribution in [3.8, 4) is 0 Å². The van der Waals surface area contributed by atoms with Crippen molar-refractivity contribution in [3.05, 3.63) is 72.1 Å². The van der Waals surface area contributed by atoms with Crippen molar-refractivity contribution in [2.45, 2.75) is 25.8 Å². The number of fused-ring (bicyclic) bond motifs is 2. The first kappa shape index (κ1) is 18.0. The Balaban J connectivity index is 1.31. The Morgan fingerprint density at radius 3 is 2.64 bits per heavy atom. The lowest BCUT2D eigenvalue weighted by molar-refractivity contribution is -0.124. The summed E-state index contributed by atoms with van der Waals surface area (Å²) in [5.41, 5.74) is 3.92. The molecule has 0 aliphatic carbocycles. The van der Waals surface area contributed by atoms with Crippen LogP contribution < -0.4 is 5.32 Å². The molecule has 2 aromatic carbocycles. The average molecular weight is 374 g/mol. The van der Waals surface area contributed by atoms with Crippen LogP contribution >= 0.6 is 0 Å². The minimum absolute atomic E-state index is 0.175. The first-order chi connectivity index (χ1) is 13.6. The van der Waals surface area contributed by atoms with E-state index in [0.717, 1.165) is 35.3 Å². The molecule has 142 valence electrons. The second-order valence-electron chi connectivity index (χ2n) is 6.94. The molecule has 0 bridgehead atoms. The van der Waals surface area contributed by atoms with Gasteiger partial charge in [0.25, 0.3) is 5.91 Å². The average Bonchev–Trinajstić information content (AvgIpc) is 3.23. The normalized spacial score (nSPS) is 14.4. The van der Waals surface area contributed by atoms with Gasteiger partial charge in [-0.3, -0.25) is 14.5 Å². The van der Waals surface area contributed by atoms with Crippen LogP contribution in [0.1, 0.15) is 35.1 Å². The molecule has 1 aliphatic rings. The first-order valence-corrected chi connectivity index (χ1v) is 9.39. The van der Waals surface area contributed by atoms with Crippen LogP contribution in [0.3, 0.4) is 0 Å². The van der Waals surface area contributed by atoms with Gasteiger partial charge >= 0.3 is 0 Å². The number of aromatic amines is 1. The second-order valence-corrected chi connectivity index (χ2v) is 6.94. The lowest BCUT2D eigenvalue weighted by Gasteiger charge is -2.24. The number of H-pyrrole nitrogens is 1. The zero-order valence-electron chi connectivity index (χ0n) is 15.7.